The lowest BCUT2D eigenvalue weighted by Crippen LogP contribution is -2.29. The number of benzene rings is 3. The summed E-state index contributed by atoms with van der Waals surface area (Å²) in [5, 5.41) is 3.76. The van der Waals surface area contributed by atoms with Crippen LogP contribution in [0.5, 0.6) is 0 Å². The van der Waals surface area contributed by atoms with Crippen molar-refractivity contribution in [2.45, 2.75) is 13.8 Å². The van der Waals surface area contributed by atoms with Crippen LogP contribution in [0, 0.1) is 6.92 Å². The van der Waals surface area contributed by atoms with Crippen molar-refractivity contribution in [3.63, 3.8) is 0 Å². The number of nitrogens with zero attached hydrogens (tertiary/aromatic N) is 1. The van der Waals surface area contributed by atoms with Gasteiger partial charge in [-0.05, 0) is 67.9 Å². The lowest BCUT2D eigenvalue weighted by molar-refractivity contribution is 0.0528. The topological polar surface area (TPSA) is 92.8 Å². The van der Waals surface area contributed by atoms with Crippen LogP contribution in [-0.2, 0) is 4.74 Å². The van der Waals surface area contributed by atoms with Gasteiger partial charge < -0.3 is 10.1 Å². The molecule has 0 aliphatic carbocycles. The molecule has 5 rings (SSSR count). The molecule has 9 heteroatoms. The SMILES string of the molecule is CCOC(=O)c1c(NC(=O)c2ccc(N3C(=O)c4ccccc4C3=O)cc2)sc(C)c1-c1ccc(Cl)cc1. The van der Waals surface area contributed by atoms with Gasteiger partial charge in [-0.3, -0.25) is 14.4 Å². The summed E-state index contributed by atoms with van der Waals surface area (Å²) in [4.78, 5) is 53.6. The predicted octanol–water partition coefficient (Wildman–Crippen LogP) is 6.61. The van der Waals surface area contributed by atoms with Gasteiger partial charge >= 0.3 is 5.97 Å². The van der Waals surface area contributed by atoms with Crippen molar-refractivity contribution >= 4 is 57.3 Å². The highest BCUT2D eigenvalue weighted by Crippen LogP contribution is 2.41. The highest BCUT2D eigenvalue weighted by Gasteiger charge is 2.36. The third kappa shape index (κ3) is 4.49. The second-order valence-corrected chi connectivity index (χ2v) is 10.1. The van der Waals surface area contributed by atoms with Gasteiger partial charge in [-0.25, -0.2) is 9.69 Å². The van der Waals surface area contributed by atoms with E-state index in [2.05, 4.69) is 5.32 Å². The molecule has 0 bridgehead atoms. The Morgan fingerprint density at radius 1 is 0.921 bits per heavy atom. The third-order valence-electron chi connectivity index (χ3n) is 6.11. The second kappa shape index (κ2) is 10.2. The number of nitrogens with one attached hydrogen (secondary N) is 1. The van der Waals surface area contributed by atoms with Crippen molar-refractivity contribution in [1.82, 2.24) is 0 Å². The first-order valence-corrected chi connectivity index (χ1v) is 12.9. The van der Waals surface area contributed by atoms with Crippen LogP contribution in [0.15, 0.2) is 72.8 Å². The minimum atomic E-state index is -0.543. The Morgan fingerprint density at radius 3 is 2.11 bits per heavy atom. The number of amides is 3. The Bertz CT molecular complexity index is 1560. The molecule has 0 atom stereocenters. The molecule has 1 N–H and O–H groups in total. The Hall–Kier alpha value is -4.27. The molecule has 0 saturated carbocycles. The monoisotopic (exact) mass is 544 g/mol. The number of rotatable bonds is 6. The summed E-state index contributed by atoms with van der Waals surface area (Å²) in [7, 11) is 0. The number of ether oxygens (including phenoxy) is 1. The fraction of sp³-hybridized carbons (Fsp3) is 0.103. The van der Waals surface area contributed by atoms with Gasteiger partial charge in [-0.1, -0.05) is 35.9 Å². The normalized spacial score (nSPS) is 12.4. The molecule has 38 heavy (non-hydrogen) atoms. The maximum absolute atomic E-state index is 13.2. The minimum Gasteiger partial charge on any atom is -0.462 e. The van der Waals surface area contributed by atoms with Gasteiger partial charge in [0.15, 0.2) is 0 Å². The summed E-state index contributed by atoms with van der Waals surface area (Å²) in [5.74, 6) is -1.82. The van der Waals surface area contributed by atoms with Crippen LogP contribution in [0.4, 0.5) is 10.7 Å². The van der Waals surface area contributed by atoms with E-state index in [9.17, 15) is 19.2 Å². The highest BCUT2D eigenvalue weighted by molar-refractivity contribution is 7.17. The largest absolute Gasteiger partial charge is 0.462 e. The molecule has 7 nitrogen and oxygen atoms in total. The van der Waals surface area contributed by atoms with Crippen LogP contribution in [-0.4, -0.2) is 30.3 Å². The van der Waals surface area contributed by atoms with Gasteiger partial charge in [0.25, 0.3) is 17.7 Å². The van der Waals surface area contributed by atoms with Crippen molar-refractivity contribution in [2.75, 3.05) is 16.8 Å². The molecule has 0 unspecified atom stereocenters. The number of hydrogen-bond acceptors (Lipinski definition) is 6. The maximum Gasteiger partial charge on any atom is 0.341 e. The number of esters is 1. The first kappa shape index (κ1) is 25.4. The third-order valence-corrected chi connectivity index (χ3v) is 7.38. The number of imide groups is 1. The van der Waals surface area contributed by atoms with E-state index in [0.29, 0.717) is 38.0 Å². The molecular formula is C29H21ClN2O5S. The Balaban J connectivity index is 1.42. The van der Waals surface area contributed by atoms with Crippen molar-refractivity contribution in [3.8, 4) is 11.1 Å². The summed E-state index contributed by atoms with van der Waals surface area (Å²) in [6.07, 6.45) is 0. The molecule has 0 radical (unpaired) electrons. The van der Waals surface area contributed by atoms with Crippen LogP contribution in [0.25, 0.3) is 11.1 Å². The van der Waals surface area contributed by atoms with Gasteiger partial charge in [-0.15, -0.1) is 11.3 Å². The molecule has 4 aromatic rings. The average molecular weight is 545 g/mol. The summed E-state index contributed by atoms with van der Waals surface area (Å²) in [6.45, 7) is 3.76. The first-order valence-electron chi connectivity index (χ1n) is 11.8. The van der Waals surface area contributed by atoms with Crippen molar-refractivity contribution < 1.29 is 23.9 Å². The van der Waals surface area contributed by atoms with Crippen LogP contribution in [0.1, 0.15) is 53.2 Å². The van der Waals surface area contributed by atoms with Crippen molar-refractivity contribution in [3.05, 3.63) is 105 Å². The number of carbonyl (C=O) groups excluding carboxylic acids is 4. The van der Waals surface area contributed by atoms with E-state index in [1.54, 1.807) is 55.5 Å². The average Bonchev–Trinajstić information content (AvgIpc) is 3.37. The summed E-state index contributed by atoms with van der Waals surface area (Å²) < 4.78 is 5.30. The van der Waals surface area contributed by atoms with Gasteiger partial charge in [0.2, 0.25) is 0 Å². The zero-order valence-corrected chi connectivity index (χ0v) is 22.0. The van der Waals surface area contributed by atoms with Crippen molar-refractivity contribution in [2.24, 2.45) is 0 Å². The van der Waals surface area contributed by atoms with Gasteiger partial charge in [0.05, 0.1) is 23.4 Å². The number of carbonyl (C=O) groups is 4. The maximum atomic E-state index is 13.2. The molecule has 190 valence electrons. The van der Waals surface area contributed by atoms with E-state index in [1.165, 1.54) is 23.5 Å². The number of anilines is 2. The van der Waals surface area contributed by atoms with Gasteiger partial charge in [0, 0.05) is 21.0 Å². The van der Waals surface area contributed by atoms with E-state index in [-0.39, 0.29) is 12.2 Å². The molecule has 0 saturated heterocycles. The Kier molecular flexibility index (Phi) is 6.84. The highest BCUT2D eigenvalue weighted by atomic mass is 35.5. The lowest BCUT2D eigenvalue weighted by atomic mass is 10.0. The summed E-state index contributed by atoms with van der Waals surface area (Å²) in [5.41, 5.74) is 3.05. The quantitative estimate of drug-likeness (QED) is 0.218. The first-order chi connectivity index (χ1) is 18.3. The van der Waals surface area contributed by atoms with Crippen molar-refractivity contribution in [1.29, 1.82) is 0 Å². The van der Waals surface area contributed by atoms with Gasteiger partial charge in [-0.2, -0.15) is 0 Å². The van der Waals surface area contributed by atoms with Crippen LogP contribution in [0.2, 0.25) is 5.02 Å². The Labute approximate surface area is 227 Å². The lowest BCUT2D eigenvalue weighted by Gasteiger charge is -2.14. The number of thiophene rings is 1. The van der Waals surface area contributed by atoms with Crippen LogP contribution < -0.4 is 10.2 Å². The fourth-order valence-electron chi connectivity index (χ4n) is 4.36. The predicted molar refractivity (Wildman–Crippen MR) is 147 cm³/mol. The van der Waals surface area contributed by atoms with E-state index in [1.807, 2.05) is 19.1 Å². The Morgan fingerprint density at radius 2 is 1.53 bits per heavy atom. The van der Waals surface area contributed by atoms with E-state index < -0.39 is 23.7 Å². The molecule has 1 aromatic heterocycles. The smallest absolute Gasteiger partial charge is 0.341 e. The standard InChI is InChI=1S/C29H21ClN2O5S/c1-3-37-29(36)24-23(17-8-12-19(30)13-9-17)16(2)38-26(24)31-25(33)18-10-14-20(15-11-18)32-27(34)21-6-4-5-7-22(21)28(32)35/h4-15H,3H2,1-2H3,(H,31,33). The molecule has 1 aliphatic rings. The van der Waals surface area contributed by atoms with Crippen LogP contribution >= 0.6 is 22.9 Å². The minimum absolute atomic E-state index is 0.181. The molecular weight excluding hydrogens is 524 g/mol. The molecule has 3 aromatic carbocycles. The zero-order valence-electron chi connectivity index (χ0n) is 20.4. The van der Waals surface area contributed by atoms with E-state index >= 15 is 0 Å². The molecule has 2 heterocycles. The fourth-order valence-corrected chi connectivity index (χ4v) is 5.54. The van der Waals surface area contributed by atoms with Crippen LogP contribution in [0.3, 0.4) is 0 Å². The number of halogens is 1. The number of hydrogen-bond donors (Lipinski definition) is 1. The van der Waals surface area contributed by atoms with E-state index in [4.69, 9.17) is 16.3 Å². The molecule has 0 fully saturated rings. The number of fused-ring (bicyclic) bond motifs is 1. The van der Waals surface area contributed by atoms with Gasteiger partial charge in [0.1, 0.15) is 10.6 Å². The molecule has 3 amide bonds. The summed E-state index contributed by atoms with van der Waals surface area (Å²) >= 11 is 7.31. The summed E-state index contributed by atoms with van der Waals surface area (Å²) in [6, 6.07) is 19.9. The second-order valence-electron chi connectivity index (χ2n) is 8.46. The molecule has 1 aliphatic heterocycles. The van der Waals surface area contributed by atoms with E-state index in [0.717, 1.165) is 15.3 Å². The molecule has 0 spiro atoms. The number of aryl methyl sites for hydroxylation is 1. The zero-order chi connectivity index (χ0) is 27.0.